The zero-order chi connectivity index (χ0) is 24.5. The summed E-state index contributed by atoms with van der Waals surface area (Å²) in [5.41, 5.74) is 6.26. The highest BCUT2D eigenvalue weighted by Crippen LogP contribution is 2.50. The number of nitrogens with zero attached hydrogens (tertiary/aromatic N) is 1. The van der Waals surface area contributed by atoms with Crippen LogP contribution in [-0.4, -0.2) is 74.9 Å². The van der Waals surface area contributed by atoms with Crippen molar-refractivity contribution in [3.05, 3.63) is 35.9 Å². The standard InChI is InChI=1S/C21H27N5O6S/c1-21(2)15(20(31)32)26-18(30)14(19(26)33-21)25-17(29)13(10-7-5-4-6-8-10)24-16(28)11(22)9-12(27)23-3/h4-8,11,13-15,19H,9,22H2,1-3H3,(H,23,27)(H,24,28)(H,25,29)(H,31,32)/t11?,13?,14-,15+,19-/m1/s1. The molecule has 1 aromatic carbocycles. The molecule has 6 N–H and O–H groups in total. The van der Waals surface area contributed by atoms with E-state index in [-0.39, 0.29) is 6.42 Å². The first-order valence-corrected chi connectivity index (χ1v) is 11.2. The summed E-state index contributed by atoms with van der Waals surface area (Å²) in [6.07, 6.45) is -0.258. The summed E-state index contributed by atoms with van der Waals surface area (Å²) in [5.74, 6) is -3.36. The molecule has 2 aliphatic rings. The zero-order valence-corrected chi connectivity index (χ0v) is 19.2. The molecular formula is C21H27N5O6S. The van der Waals surface area contributed by atoms with Gasteiger partial charge in [0.15, 0.2) is 0 Å². The molecule has 12 heteroatoms. The van der Waals surface area contributed by atoms with Crippen molar-refractivity contribution in [3.8, 4) is 0 Å². The van der Waals surface area contributed by atoms with Crippen molar-refractivity contribution >= 4 is 41.4 Å². The van der Waals surface area contributed by atoms with Gasteiger partial charge in [-0.25, -0.2) is 4.79 Å². The SMILES string of the molecule is CNC(=O)CC(N)C(=O)NC(C(=O)N[C@@H]1C(=O)N2[C@@H]1SC(C)(C)[C@@H]2C(=O)O)c1ccccc1. The minimum absolute atomic E-state index is 0.258. The summed E-state index contributed by atoms with van der Waals surface area (Å²) >= 11 is 1.30. The van der Waals surface area contributed by atoms with Gasteiger partial charge in [-0.2, -0.15) is 0 Å². The van der Waals surface area contributed by atoms with Crippen LogP contribution in [0.4, 0.5) is 0 Å². The number of rotatable bonds is 8. The second-order valence-electron chi connectivity index (χ2n) is 8.42. The fourth-order valence-corrected chi connectivity index (χ4v) is 5.60. The Hall–Kier alpha value is -3.12. The summed E-state index contributed by atoms with van der Waals surface area (Å²) < 4.78 is -0.731. The molecule has 2 unspecified atom stereocenters. The first-order valence-electron chi connectivity index (χ1n) is 10.3. The van der Waals surface area contributed by atoms with E-state index in [0.717, 1.165) is 0 Å². The Kier molecular flexibility index (Phi) is 6.98. The van der Waals surface area contributed by atoms with Crippen LogP contribution in [0.2, 0.25) is 0 Å². The van der Waals surface area contributed by atoms with Crippen molar-refractivity contribution in [1.82, 2.24) is 20.9 Å². The Morgan fingerprint density at radius 2 is 1.82 bits per heavy atom. The molecule has 0 aliphatic carbocycles. The summed E-state index contributed by atoms with van der Waals surface area (Å²) in [6, 6.07) is 4.14. The molecule has 0 radical (unpaired) electrons. The predicted octanol–water partition coefficient (Wildman–Crippen LogP) is -1.06. The third-order valence-corrected chi connectivity index (χ3v) is 7.25. The lowest BCUT2D eigenvalue weighted by atomic mass is 9.95. The van der Waals surface area contributed by atoms with E-state index >= 15 is 0 Å². The molecule has 3 rings (SSSR count). The Labute approximate surface area is 194 Å². The molecule has 2 fully saturated rings. The Bertz CT molecular complexity index is 971. The molecule has 2 aliphatic heterocycles. The molecule has 1 aromatic rings. The quantitative estimate of drug-likeness (QED) is 0.295. The van der Waals surface area contributed by atoms with Gasteiger partial charge >= 0.3 is 5.97 Å². The van der Waals surface area contributed by atoms with Crippen LogP contribution in [0.3, 0.4) is 0 Å². The van der Waals surface area contributed by atoms with Crippen LogP contribution in [0, 0.1) is 0 Å². The van der Waals surface area contributed by atoms with Crippen LogP contribution < -0.4 is 21.7 Å². The largest absolute Gasteiger partial charge is 0.480 e. The number of hydrogen-bond acceptors (Lipinski definition) is 7. The van der Waals surface area contributed by atoms with E-state index in [1.54, 1.807) is 44.2 Å². The van der Waals surface area contributed by atoms with E-state index in [2.05, 4.69) is 16.0 Å². The maximum Gasteiger partial charge on any atom is 0.327 e. The Morgan fingerprint density at radius 3 is 2.39 bits per heavy atom. The smallest absolute Gasteiger partial charge is 0.327 e. The van der Waals surface area contributed by atoms with E-state index < -0.39 is 63.9 Å². The molecule has 0 spiro atoms. The fraction of sp³-hybridized carbons (Fsp3) is 0.476. The van der Waals surface area contributed by atoms with E-state index in [4.69, 9.17) is 5.73 Å². The van der Waals surface area contributed by atoms with Crippen molar-refractivity contribution in [2.24, 2.45) is 5.73 Å². The van der Waals surface area contributed by atoms with Crippen molar-refractivity contribution in [2.45, 2.75) is 54.6 Å². The Balaban J connectivity index is 1.75. The highest BCUT2D eigenvalue weighted by atomic mass is 32.2. The number of nitrogens with one attached hydrogen (secondary N) is 3. The molecule has 0 aromatic heterocycles. The topological polar surface area (TPSA) is 171 Å². The van der Waals surface area contributed by atoms with Crippen molar-refractivity contribution in [1.29, 1.82) is 0 Å². The number of carboxylic acid groups (broad SMARTS) is 1. The van der Waals surface area contributed by atoms with Crippen LogP contribution >= 0.6 is 11.8 Å². The number of carboxylic acids is 1. The van der Waals surface area contributed by atoms with Crippen LogP contribution in [0.1, 0.15) is 31.9 Å². The molecule has 2 heterocycles. The number of amides is 4. The van der Waals surface area contributed by atoms with Crippen LogP contribution in [0.25, 0.3) is 0 Å². The van der Waals surface area contributed by atoms with Gasteiger partial charge in [-0.05, 0) is 19.4 Å². The Morgan fingerprint density at radius 1 is 1.18 bits per heavy atom. The monoisotopic (exact) mass is 477 g/mol. The van der Waals surface area contributed by atoms with Gasteiger partial charge in [0.05, 0.1) is 12.5 Å². The highest BCUT2D eigenvalue weighted by molar-refractivity contribution is 8.01. The van der Waals surface area contributed by atoms with Gasteiger partial charge in [-0.15, -0.1) is 11.8 Å². The number of benzene rings is 1. The van der Waals surface area contributed by atoms with E-state index in [0.29, 0.717) is 5.56 Å². The van der Waals surface area contributed by atoms with E-state index in [9.17, 15) is 29.1 Å². The summed E-state index contributed by atoms with van der Waals surface area (Å²) in [7, 11) is 1.42. The minimum atomic E-state index is -1.17. The predicted molar refractivity (Wildman–Crippen MR) is 120 cm³/mol. The number of β-lactam (4-membered cyclic amide) rings is 1. The second-order valence-corrected chi connectivity index (χ2v) is 10.2. The maximum atomic E-state index is 13.2. The van der Waals surface area contributed by atoms with Crippen molar-refractivity contribution < 1.29 is 29.1 Å². The molecule has 4 amide bonds. The molecule has 0 bridgehead atoms. The zero-order valence-electron chi connectivity index (χ0n) is 18.4. The number of aliphatic carboxylic acids is 1. The average molecular weight is 478 g/mol. The van der Waals surface area contributed by atoms with Crippen molar-refractivity contribution in [2.75, 3.05) is 7.05 Å². The van der Waals surface area contributed by atoms with Crippen molar-refractivity contribution in [3.63, 3.8) is 0 Å². The van der Waals surface area contributed by atoms with E-state index in [1.165, 1.54) is 23.7 Å². The third-order valence-electron chi connectivity index (χ3n) is 5.68. The molecule has 33 heavy (non-hydrogen) atoms. The van der Waals surface area contributed by atoms with Gasteiger partial charge < -0.3 is 31.7 Å². The maximum absolute atomic E-state index is 13.2. The van der Waals surface area contributed by atoms with Gasteiger partial charge in [0, 0.05) is 11.8 Å². The van der Waals surface area contributed by atoms with Gasteiger partial charge in [0.1, 0.15) is 23.5 Å². The molecule has 178 valence electrons. The lowest BCUT2D eigenvalue weighted by molar-refractivity contribution is -0.161. The third kappa shape index (κ3) is 4.81. The molecule has 5 atom stereocenters. The van der Waals surface area contributed by atoms with E-state index in [1.807, 2.05) is 0 Å². The van der Waals surface area contributed by atoms with Gasteiger partial charge in [0.2, 0.25) is 23.6 Å². The number of hydrogen-bond donors (Lipinski definition) is 5. The number of fused-ring (bicyclic) bond motifs is 1. The number of nitrogens with two attached hydrogens (primary N) is 1. The van der Waals surface area contributed by atoms with Gasteiger partial charge in [-0.3, -0.25) is 19.2 Å². The van der Waals surface area contributed by atoms with Gasteiger partial charge in [0.25, 0.3) is 0 Å². The fourth-order valence-electron chi connectivity index (χ4n) is 3.97. The highest BCUT2D eigenvalue weighted by Gasteiger charge is 2.64. The molecule has 2 saturated heterocycles. The summed E-state index contributed by atoms with van der Waals surface area (Å²) in [5, 5.41) is 16.6. The summed E-state index contributed by atoms with van der Waals surface area (Å²) in [4.78, 5) is 62.9. The molecular weight excluding hydrogens is 450 g/mol. The van der Waals surface area contributed by atoms with Crippen LogP contribution in [0.15, 0.2) is 30.3 Å². The number of thioether (sulfide) groups is 1. The average Bonchev–Trinajstić information content (AvgIpc) is 3.03. The van der Waals surface area contributed by atoms with Crippen LogP contribution in [-0.2, 0) is 24.0 Å². The summed E-state index contributed by atoms with van der Waals surface area (Å²) in [6.45, 7) is 3.48. The van der Waals surface area contributed by atoms with Crippen LogP contribution in [0.5, 0.6) is 0 Å². The normalized spacial score (nSPS) is 24.7. The first kappa shape index (κ1) is 24.5. The lowest BCUT2D eigenvalue weighted by Gasteiger charge is -2.44. The minimum Gasteiger partial charge on any atom is -0.480 e. The second kappa shape index (κ2) is 9.40. The van der Waals surface area contributed by atoms with Gasteiger partial charge in [-0.1, -0.05) is 30.3 Å². The number of carbonyl (C=O) groups excluding carboxylic acids is 4. The molecule has 11 nitrogen and oxygen atoms in total. The number of carbonyl (C=O) groups is 5. The first-order chi connectivity index (χ1) is 15.5. The lowest BCUT2D eigenvalue weighted by Crippen LogP contribution is -2.71. The molecule has 0 saturated carbocycles.